The van der Waals surface area contributed by atoms with E-state index in [1.807, 2.05) is 0 Å². The maximum Gasteiger partial charge on any atom is 0.318 e. The minimum Gasteiger partial charge on any atom is -0.407 e. The zero-order valence-corrected chi connectivity index (χ0v) is 11.8. The monoisotopic (exact) mass is 268 g/mol. The molecule has 0 spiro atoms. The van der Waals surface area contributed by atoms with Gasteiger partial charge in [0.2, 0.25) is 5.89 Å². The number of nitrogens with one attached hydrogen (secondary N) is 1. The third kappa shape index (κ3) is 4.18. The number of hydrogen-bond donors (Lipinski definition) is 2. The van der Waals surface area contributed by atoms with Gasteiger partial charge in [0.1, 0.15) is 0 Å². The lowest BCUT2D eigenvalue weighted by molar-refractivity contribution is 0.206. The molecule has 2 rings (SSSR count). The molecule has 1 saturated heterocycles. The van der Waals surface area contributed by atoms with Crippen LogP contribution in [-0.4, -0.2) is 41.5 Å². The zero-order valence-electron chi connectivity index (χ0n) is 11.8. The lowest BCUT2D eigenvalue weighted by Gasteiger charge is -2.30. The van der Waals surface area contributed by atoms with Gasteiger partial charge in [0.05, 0.1) is 6.54 Å². The van der Waals surface area contributed by atoms with E-state index in [1.54, 1.807) is 0 Å². The van der Waals surface area contributed by atoms with Crippen LogP contribution in [0.5, 0.6) is 0 Å². The Balaban J connectivity index is 1.85. The molecule has 1 aliphatic heterocycles. The predicted octanol–water partition coefficient (Wildman–Crippen LogP) is 1.02. The standard InChI is InChI=1S/C13H24N4O2/c1-10(2)6-14-7-12-15-16-13(19-12)17-5-3-4-11(8-17)9-18/h10-11,14,18H,3-9H2,1-2H3. The van der Waals surface area contributed by atoms with Gasteiger partial charge in [-0.05, 0) is 31.2 Å². The molecule has 1 atom stereocenters. The molecular weight excluding hydrogens is 244 g/mol. The van der Waals surface area contributed by atoms with Crippen LogP contribution in [0.15, 0.2) is 4.42 Å². The molecule has 1 unspecified atom stereocenters. The first-order valence-corrected chi connectivity index (χ1v) is 7.08. The van der Waals surface area contributed by atoms with Gasteiger partial charge < -0.3 is 19.7 Å². The molecule has 19 heavy (non-hydrogen) atoms. The average molecular weight is 268 g/mol. The average Bonchev–Trinajstić information content (AvgIpc) is 2.87. The first kappa shape index (κ1) is 14.3. The van der Waals surface area contributed by atoms with Gasteiger partial charge in [-0.2, -0.15) is 0 Å². The van der Waals surface area contributed by atoms with Crippen molar-refractivity contribution in [3.05, 3.63) is 5.89 Å². The molecule has 1 fully saturated rings. The van der Waals surface area contributed by atoms with Gasteiger partial charge in [-0.15, -0.1) is 5.10 Å². The Morgan fingerprint density at radius 1 is 1.47 bits per heavy atom. The molecule has 1 aliphatic rings. The second kappa shape index (κ2) is 6.86. The van der Waals surface area contributed by atoms with Crippen LogP contribution in [0.25, 0.3) is 0 Å². The van der Waals surface area contributed by atoms with E-state index in [2.05, 4.69) is 34.3 Å². The summed E-state index contributed by atoms with van der Waals surface area (Å²) in [7, 11) is 0. The molecule has 2 heterocycles. The van der Waals surface area contributed by atoms with Crippen LogP contribution in [0.1, 0.15) is 32.6 Å². The van der Waals surface area contributed by atoms with E-state index in [0.29, 0.717) is 30.3 Å². The van der Waals surface area contributed by atoms with E-state index >= 15 is 0 Å². The van der Waals surface area contributed by atoms with Crippen LogP contribution in [0, 0.1) is 11.8 Å². The second-order valence-electron chi connectivity index (χ2n) is 5.64. The number of aromatic nitrogens is 2. The molecule has 0 amide bonds. The second-order valence-corrected chi connectivity index (χ2v) is 5.64. The number of aliphatic hydroxyl groups is 1. The molecule has 2 N–H and O–H groups in total. The summed E-state index contributed by atoms with van der Waals surface area (Å²) in [5.74, 6) is 1.56. The fourth-order valence-corrected chi connectivity index (χ4v) is 2.30. The Labute approximate surface area is 114 Å². The smallest absolute Gasteiger partial charge is 0.318 e. The van der Waals surface area contributed by atoms with Crippen LogP contribution < -0.4 is 10.2 Å². The minimum atomic E-state index is 0.230. The van der Waals surface area contributed by atoms with Crippen molar-refractivity contribution in [3.63, 3.8) is 0 Å². The molecular formula is C13H24N4O2. The Bertz CT molecular complexity index is 380. The van der Waals surface area contributed by atoms with Crippen molar-refractivity contribution in [2.75, 3.05) is 31.1 Å². The highest BCUT2D eigenvalue weighted by atomic mass is 16.4. The summed E-state index contributed by atoms with van der Waals surface area (Å²) in [6.07, 6.45) is 2.14. The lowest BCUT2D eigenvalue weighted by atomic mass is 10.00. The quantitative estimate of drug-likeness (QED) is 0.802. The summed E-state index contributed by atoms with van der Waals surface area (Å²) in [5.41, 5.74) is 0. The van der Waals surface area contributed by atoms with Gasteiger partial charge in [-0.3, -0.25) is 0 Å². The summed E-state index contributed by atoms with van der Waals surface area (Å²) < 4.78 is 5.66. The summed E-state index contributed by atoms with van der Waals surface area (Å²) in [6, 6.07) is 0.583. The minimum absolute atomic E-state index is 0.230. The summed E-state index contributed by atoms with van der Waals surface area (Å²) in [5, 5.41) is 20.7. The molecule has 6 heteroatoms. The summed E-state index contributed by atoms with van der Waals surface area (Å²) in [6.45, 7) is 7.84. The van der Waals surface area contributed by atoms with Crippen molar-refractivity contribution in [1.82, 2.24) is 15.5 Å². The number of nitrogens with zero attached hydrogens (tertiary/aromatic N) is 3. The van der Waals surface area contributed by atoms with E-state index in [-0.39, 0.29) is 6.61 Å². The largest absolute Gasteiger partial charge is 0.407 e. The Morgan fingerprint density at radius 3 is 3.05 bits per heavy atom. The highest BCUT2D eigenvalue weighted by molar-refractivity contribution is 5.25. The number of aliphatic hydroxyl groups excluding tert-OH is 1. The van der Waals surface area contributed by atoms with E-state index in [4.69, 9.17) is 4.42 Å². The molecule has 0 aromatic carbocycles. The topological polar surface area (TPSA) is 74.4 Å². The van der Waals surface area contributed by atoms with Gasteiger partial charge in [0.15, 0.2) is 0 Å². The fourth-order valence-electron chi connectivity index (χ4n) is 2.30. The highest BCUT2D eigenvalue weighted by Crippen LogP contribution is 2.21. The van der Waals surface area contributed by atoms with Crippen molar-refractivity contribution in [1.29, 1.82) is 0 Å². The normalized spacial score (nSPS) is 20.2. The van der Waals surface area contributed by atoms with Crippen molar-refractivity contribution < 1.29 is 9.52 Å². The number of rotatable bonds is 6. The van der Waals surface area contributed by atoms with E-state index in [9.17, 15) is 5.11 Å². The van der Waals surface area contributed by atoms with Crippen LogP contribution in [0.2, 0.25) is 0 Å². The lowest BCUT2D eigenvalue weighted by Crippen LogP contribution is -2.37. The SMILES string of the molecule is CC(C)CNCc1nnc(N2CCCC(CO)C2)o1. The van der Waals surface area contributed by atoms with E-state index < -0.39 is 0 Å². The third-order valence-electron chi connectivity index (χ3n) is 3.33. The molecule has 6 nitrogen and oxygen atoms in total. The van der Waals surface area contributed by atoms with Gasteiger partial charge >= 0.3 is 6.01 Å². The highest BCUT2D eigenvalue weighted by Gasteiger charge is 2.23. The predicted molar refractivity (Wildman–Crippen MR) is 72.9 cm³/mol. The number of hydrogen-bond acceptors (Lipinski definition) is 6. The maximum atomic E-state index is 9.23. The van der Waals surface area contributed by atoms with Crippen molar-refractivity contribution >= 4 is 6.01 Å². The Hall–Kier alpha value is -1.14. The zero-order chi connectivity index (χ0) is 13.7. The molecule has 1 aromatic heterocycles. The van der Waals surface area contributed by atoms with E-state index in [0.717, 1.165) is 32.5 Å². The first-order valence-electron chi connectivity index (χ1n) is 7.08. The Kier molecular flexibility index (Phi) is 5.15. The van der Waals surface area contributed by atoms with Crippen molar-refractivity contribution in [2.24, 2.45) is 11.8 Å². The Morgan fingerprint density at radius 2 is 2.32 bits per heavy atom. The van der Waals surface area contributed by atoms with Crippen LogP contribution in [0.3, 0.4) is 0 Å². The molecule has 108 valence electrons. The molecule has 0 radical (unpaired) electrons. The molecule has 0 saturated carbocycles. The van der Waals surface area contributed by atoms with Gasteiger partial charge in [-0.1, -0.05) is 18.9 Å². The van der Waals surface area contributed by atoms with Crippen LogP contribution in [0.4, 0.5) is 6.01 Å². The van der Waals surface area contributed by atoms with Crippen LogP contribution >= 0.6 is 0 Å². The fraction of sp³-hybridized carbons (Fsp3) is 0.846. The third-order valence-corrected chi connectivity index (χ3v) is 3.33. The van der Waals surface area contributed by atoms with Crippen molar-refractivity contribution in [3.8, 4) is 0 Å². The van der Waals surface area contributed by atoms with Gasteiger partial charge in [-0.25, -0.2) is 0 Å². The van der Waals surface area contributed by atoms with Crippen molar-refractivity contribution in [2.45, 2.75) is 33.2 Å². The number of piperidine rings is 1. The van der Waals surface area contributed by atoms with Gasteiger partial charge in [0, 0.05) is 19.7 Å². The maximum absolute atomic E-state index is 9.23. The van der Waals surface area contributed by atoms with Gasteiger partial charge in [0.25, 0.3) is 0 Å². The molecule has 0 bridgehead atoms. The van der Waals surface area contributed by atoms with Crippen LogP contribution in [-0.2, 0) is 6.54 Å². The summed E-state index contributed by atoms with van der Waals surface area (Å²) in [4.78, 5) is 2.07. The summed E-state index contributed by atoms with van der Waals surface area (Å²) >= 11 is 0. The molecule has 1 aromatic rings. The molecule has 0 aliphatic carbocycles. The number of anilines is 1. The van der Waals surface area contributed by atoms with E-state index in [1.165, 1.54) is 0 Å². The first-order chi connectivity index (χ1) is 9.19.